The summed E-state index contributed by atoms with van der Waals surface area (Å²) >= 11 is 6.22. The lowest BCUT2D eigenvalue weighted by atomic mass is 10.2. The zero-order valence-corrected chi connectivity index (χ0v) is 15.3. The van der Waals surface area contributed by atoms with Gasteiger partial charge in [0.2, 0.25) is 0 Å². The highest BCUT2D eigenvalue weighted by molar-refractivity contribution is 6.31. The van der Waals surface area contributed by atoms with E-state index in [2.05, 4.69) is 15.6 Å². The Kier molecular flexibility index (Phi) is 5.23. The van der Waals surface area contributed by atoms with Crippen molar-refractivity contribution in [1.82, 2.24) is 14.9 Å². The monoisotopic (exact) mass is 370 g/mol. The van der Waals surface area contributed by atoms with Crippen molar-refractivity contribution in [3.8, 4) is 0 Å². The molecule has 0 atom stereocenters. The van der Waals surface area contributed by atoms with Crippen molar-refractivity contribution in [3.05, 3.63) is 69.2 Å². The Balaban J connectivity index is 2.03. The van der Waals surface area contributed by atoms with Crippen molar-refractivity contribution < 1.29 is 4.79 Å². The maximum Gasteiger partial charge on any atom is 0.319 e. The van der Waals surface area contributed by atoms with E-state index in [1.165, 1.54) is 0 Å². The standard InChI is InChI=1S/C19H19ClN4O2/c1-3-21-19(26)23-14-8-9-17-15(10-14)18(25)24(12(2)22-17)11-13-6-4-5-7-16(13)20/h4-10H,3,11H2,1-2H3,(H2,21,23,26). The minimum Gasteiger partial charge on any atom is -0.338 e. The fourth-order valence-electron chi connectivity index (χ4n) is 2.73. The Bertz CT molecular complexity index is 1030. The zero-order valence-electron chi connectivity index (χ0n) is 14.5. The zero-order chi connectivity index (χ0) is 18.7. The molecular formula is C19H19ClN4O2. The topological polar surface area (TPSA) is 76.0 Å². The Hall–Kier alpha value is -2.86. The van der Waals surface area contributed by atoms with Crippen molar-refractivity contribution >= 4 is 34.2 Å². The number of benzene rings is 2. The molecule has 0 aliphatic carbocycles. The molecule has 0 radical (unpaired) electrons. The van der Waals surface area contributed by atoms with Gasteiger partial charge >= 0.3 is 6.03 Å². The van der Waals surface area contributed by atoms with E-state index in [-0.39, 0.29) is 11.6 Å². The largest absolute Gasteiger partial charge is 0.338 e. The highest BCUT2D eigenvalue weighted by atomic mass is 35.5. The van der Waals surface area contributed by atoms with Gasteiger partial charge in [0.15, 0.2) is 0 Å². The molecule has 0 saturated carbocycles. The first-order valence-electron chi connectivity index (χ1n) is 8.29. The van der Waals surface area contributed by atoms with Crippen molar-refractivity contribution in [2.75, 3.05) is 11.9 Å². The summed E-state index contributed by atoms with van der Waals surface area (Å²) in [5.41, 5.74) is 1.80. The van der Waals surface area contributed by atoms with E-state index in [0.717, 1.165) is 5.56 Å². The number of fused-ring (bicyclic) bond motifs is 1. The number of urea groups is 1. The Morgan fingerprint density at radius 1 is 1.23 bits per heavy atom. The number of rotatable bonds is 4. The van der Waals surface area contributed by atoms with Crippen LogP contribution in [-0.4, -0.2) is 22.1 Å². The van der Waals surface area contributed by atoms with Gasteiger partial charge in [-0.1, -0.05) is 29.8 Å². The van der Waals surface area contributed by atoms with Crippen LogP contribution >= 0.6 is 11.6 Å². The van der Waals surface area contributed by atoms with Crippen molar-refractivity contribution in [1.29, 1.82) is 0 Å². The predicted octanol–water partition coefficient (Wildman–Crippen LogP) is 3.55. The van der Waals surface area contributed by atoms with E-state index in [0.29, 0.717) is 40.5 Å². The molecule has 0 bridgehead atoms. The Labute approximate surface area is 155 Å². The van der Waals surface area contributed by atoms with Crippen LogP contribution in [0.25, 0.3) is 10.9 Å². The number of hydrogen-bond acceptors (Lipinski definition) is 3. The second-order valence-corrected chi connectivity index (χ2v) is 6.27. The molecule has 2 N–H and O–H groups in total. The van der Waals surface area contributed by atoms with Crippen LogP contribution in [0.15, 0.2) is 47.3 Å². The third kappa shape index (κ3) is 3.70. The quantitative estimate of drug-likeness (QED) is 0.737. The van der Waals surface area contributed by atoms with Crippen LogP contribution in [0.4, 0.5) is 10.5 Å². The van der Waals surface area contributed by atoms with Crippen molar-refractivity contribution in [2.24, 2.45) is 0 Å². The third-order valence-electron chi connectivity index (χ3n) is 4.03. The molecule has 3 rings (SSSR count). The molecule has 1 aromatic heterocycles. The molecule has 6 nitrogen and oxygen atoms in total. The lowest BCUT2D eigenvalue weighted by Gasteiger charge is -2.13. The minimum atomic E-state index is -0.316. The second-order valence-electron chi connectivity index (χ2n) is 5.86. The summed E-state index contributed by atoms with van der Waals surface area (Å²) < 4.78 is 1.58. The molecule has 134 valence electrons. The van der Waals surface area contributed by atoms with Gasteiger partial charge in [-0.2, -0.15) is 0 Å². The molecular weight excluding hydrogens is 352 g/mol. The van der Waals surface area contributed by atoms with Gasteiger partial charge in [0, 0.05) is 17.3 Å². The molecule has 2 aromatic carbocycles. The fraction of sp³-hybridized carbons (Fsp3) is 0.211. The summed E-state index contributed by atoms with van der Waals surface area (Å²) in [6, 6.07) is 12.2. The van der Waals surface area contributed by atoms with Gasteiger partial charge in [0.1, 0.15) is 5.82 Å². The van der Waals surface area contributed by atoms with Crippen LogP contribution in [-0.2, 0) is 6.54 Å². The average Bonchev–Trinajstić information content (AvgIpc) is 2.61. The van der Waals surface area contributed by atoms with Crippen LogP contribution < -0.4 is 16.2 Å². The third-order valence-corrected chi connectivity index (χ3v) is 4.40. The highest BCUT2D eigenvalue weighted by Gasteiger charge is 2.11. The summed E-state index contributed by atoms with van der Waals surface area (Å²) in [6.45, 7) is 4.48. The number of nitrogens with zero attached hydrogens (tertiary/aromatic N) is 2. The van der Waals surface area contributed by atoms with Crippen LogP contribution in [0.1, 0.15) is 18.3 Å². The minimum absolute atomic E-state index is 0.174. The first-order chi connectivity index (χ1) is 12.5. The molecule has 26 heavy (non-hydrogen) atoms. The normalized spacial score (nSPS) is 10.7. The van der Waals surface area contributed by atoms with Gasteiger partial charge in [0.05, 0.1) is 17.4 Å². The van der Waals surface area contributed by atoms with E-state index in [9.17, 15) is 9.59 Å². The van der Waals surface area contributed by atoms with Crippen LogP contribution in [0.2, 0.25) is 5.02 Å². The molecule has 7 heteroatoms. The second kappa shape index (κ2) is 7.58. The van der Waals surface area contributed by atoms with Crippen molar-refractivity contribution in [2.45, 2.75) is 20.4 Å². The smallest absolute Gasteiger partial charge is 0.319 e. The number of aromatic nitrogens is 2. The summed E-state index contributed by atoms with van der Waals surface area (Å²) in [5.74, 6) is 0.604. The number of aryl methyl sites for hydroxylation is 1. The van der Waals surface area contributed by atoms with Crippen molar-refractivity contribution in [3.63, 3.8) is 0 Å². The van der Waals surface area contributed by atoms with E-state index < -0.39 is 0 Å². The molecule has 0 saturated heterocycles. The van der Waals surface area contributed by atoms with Gasteiger partial charge in [-0.25, -0.2) is 9.78 Å². The van der Waals surface area contributed by atoms with Gasteiger partial charge in [0.25, 0.3) is 5.56 Å². The summed E-state index contributed by atoms with van der Waals surface area (Å²) in [6.07, 6.45) is 0. The Morgan fingerprint density at radius 2 is 2.00 bits per heavy atom. The number of nitrogens with one attached hydrogen (secondary N) is 2. The number of amides is 2. The first-order valence-corrected chi connectivity index (χ1v) is 8.67. The summed E-state index contributed by atoms with van der Waals surface area (Å²) in [7, 11) is 0. The maximum absolute atomic E-state index is 13.0. The number of halogens is 1. The van der Waals surface area contributed by atoms with Gasteiger partial charge in [-0.3, -0.25) is 9.36 Å². The molecule has 3 aromatic rings. The van der Waals surface area contributed by atoms with Gasteiger partial charge in [-0.05, 0) is 43.7 Å². The number of anilines is 1. The van der Waals surface area contributed by atoms with Crippen LogP contribution in [0, 0.1) is 6.92 Å². The SMILES string of the molecule is CCNC(=O)Nc1ccc2nc(C)n(Cc3ccccc3Cl)c(=O)c2c1. The van der Waals surface area contributed by atoms with E-state index in [1.54, 1.807) is 35.8 Å². The number of carbonyl (C=O) groups excluding carboxylic acids is 1. The summed E-state index contributed by atoms with van der Waals surface area (Å²) in [4.78, 5) is 29.2. The fourth-order valence-corrected chi connectivity index (χ4v) is 2.92. The predicted molar refractivity (Wildman–Crippen MR) is 104 cm³/mol. The first kappa shape index (κ1) is 17.9. The molecule has 0 unspecified atom stereocenters. The van der Waals surface area contributed by atoms with Gasteiger partial charge in [-0.15, -0.1) is 0 Å². The lowest BCUT2D eigenvalue weighted by Crippen LogP contribution is -2.28. The van der Waals surface area contributed by atoms with E-state index in [1.807, 2.05) is 25.1 Å². The summed E-state index contributed by atoms with van der Waals surface area (Å²) in [5, 5.41) is 6.40. The van der Waals surface area contributed by atoms with Crippen LogP contribution in [0.3, 0.4) is 0 Å². The number of hydrogen-bond donors (Lipinski definition) is 2. The average molecular weight is 371 g/mol. The molecule has 0 aliphatic rings. The number of carbonyl (C=O) groups is 1. The maximum atomic E-state index is 13.0. The van der Waals surface area contributed by atoms with Gasteiger partial charge < -0.3 is 10.6 Å². The molecule has 0 aliphatic heterocycles. The van der Waals surface area contributed by atoms with E-state index in [4.69, 9.17) is 11.6 Å². The molecule has 0 spiro atoms. The molecule has 2 amide bonds. The molecule has 0 fully saturated rings. The molecule has 1 heterocycles. The lowest BCUT2D eigenvalue weighted by molar-refractivity contribution is 0.252. The van der Waals surface area contributed by atoms with E-state index >= 15 is 0 Å². The highest BCUT2D eigenvalue weighted by Crippen LogP contribution is 2.18. The Morgan fingerprint density at radius 3 is 2.73 bits per heavy atom. The van der Waals surface area contributed by atoms with Crippen LogP contribution in [0.5, 0.6) is 0 Å².